The van der Waals surface area contributed by atoms with Crippen molar-refractivity contribution in [2.45, 2.75) is 45.5 Å². The number of aromatic amines is 1. The van der Waals surface area contributed by atoms with Crippen LogP contribution in [0.2, 0.25) is 0 Å². The lowest BCUT2D eigenvalue weighted by Gasteiger charge is -2.21. The van der Waals surface area contributed by atoms with Crippen LogP contribution in [0.15, 0.2) is 24.8 Å². The van der Waals surface area contributed by atoms with Crippen molar-refractivity contribution in [1.29, 1.82) is 0 Å². The number of methoxy groups -OCH3 is 1. The molecule has 1 aliphatic rings. The molecule has 1 saturated heterocycles. The van der Waals surface area contributed by atoms with E-state index in [9.17, 15) is 0 Å². The lowest BCUT2D eigenvalue weighted by Crippen LogP contribution is -2.25. The van der Waals surface area contributed by atoms with Crippen molar-refractivity contribution >= 4 is 0 Å². The van der Waals surface area contributed by atoms with Gasteiger partial charge in [-0.15, -0.1) is 0 Å². The van der Waals surface area contributed by atoms with Crippen LogP contribution in [-0.4, -0.2) is 44.4 Å². The van der Waals surface area contributed by atoms with Gasteiger partial charge in [0.15, 0.2) is 0 Å². The molecular formula is C16H25N5O. The lowest BCUT2D eigenvalue weighted by molar-refractivity contribution is 0.107. The smallest absolute Gasteiger partial charge is 0.123 e. The Labute approximate surface area is 131 Å². The van der Waals surface area contributed by atoms with Gasteiger partial charge in [-0.25, -0.2) is 4.98 Å². The molecule has 0 spiro atoms. The Morgan fingerprint density at radius 1 is 1.45 bits per heavy atom. The molecule has 0 amide bonds. The van der Waals surface area contributed by atoms with Crippen LogP contribution in [0.1, 0.15) is 37.7 Å². The summed E-state index contributed by atoms with van der Waals surface area (Å²) in [7, 11) is 1.79. The standard InChI is InChI=1S/C16H25N5O/c1-12(2)8-21-10-13(7-19-21)9-20-11-14(22-3)6-15(20)16-17-4-5-18-16/h4-5,7,10,12,14-15H,6,8-9,11H2,1-3H3,(H,17,18)/t14-,15?/m1/s1. The molecule has 0 saturated carbocycles. The van der Waals surface area contributed by atoms with Crippen LogP contribution in [0, 0.1) is 5.92 Å². The minimum Gasteiger partial charge on any atom is -0.380 e. The van der Waals surface area contributed by atoms with Gasteiger partial charge in [0.1, 0.15) is 5.82 Å². The van der Waals surface area contributed by atoms with Crippen molar-refractivity contribution < 1.29 is 4.74 Å². The topological polar surface area (TPSA) is 59.0 Å². The lowest BCUT2D eigenvalue weighted by atomic mass is 10.2. The highest BCUT2D eigenvalue weighted by Crippen LogP contribution is 2.32. The fourth-order valence-electron chi connectivity index (χ4n) is 3.15. The van der Waals surface area contributed by atoms with Crippen LogP contribution >= 0.6 is 0 Å². The van der Waals surface area contributed by atoms with E-state index in [1.54, 1.807) is 7.11 Å². The molecule has 1 aliphatic heterocycles. The molecule has 3 heterocycles. The maximum atomic E-state index is 5.56. The second-order valence-electron chi connectivity index (χ2n) is 6.48. The van der Waals surface area contributed by atoms with E-state index in [4.69, 9.17) is 4.74 Å². The first kappa shape index (κ1) is 15.2. The first-order valence-electron chi connectivity index (χ1n) is 7.93. The molecular weight excluding hydrogens is 278 g/mol. The first-order valence-corrected chi connectivity index (χ1v) is 7.93. The number of hydrogen-bond acceptors (Lipinski definition) is 4. The Morgan fingerprint density at radius 2 is 2.32 bits per heavy atom. The van der Waals surface area contributed by atoms with E-state index in [0.29, 0.717) is 5.92 Å². The molecule has 0 bridgehead atoms. The van der Waals surface area contributed by atoms with E-state index < -0.39 is 0 Å². The molecule has 1 unspecified atom stereocenters. The summed E-state index contributed by atoms with van der Waals surface area (Å²) in [6, 6.07) is 0.286. The summed E-state index contributed by atoms with van der Waals surface area (Å²) in [6.07, 6.45) is 9.06. The predicted octanol–water partition coefficient (Wildman–Crippen LogP) is 2.22. The second kappa shape index (κ2) is 6.62. The number of H-pyrrole nitrogens is 1. The van der Waals surface area contributed by atoms with Crippen LogP contribution in [-0.2, 0) is 17.8 Å². The minimum atomic E-state index is 0.265. The van der Waals surface area contributed by atoms with Crippen molar-refractivity contribution in [1.82, 2.24) is 24.6 Å². The number of ether oxygens (including phenoxy) is 1. The van der Waals surface area contributed by atoms with Crippen LogP contribution in [0.25, 0.3) is 0 Å². The molecule has 2 atom stereocenters. The van der Waals surface area contributed by atoms with E-state index >= 15 is 0 Å². The van der Waals surface area contributed by atoms with Gasteiger partial charge in [-0.2, -0.15) is 5.10 Å². The zero-order chi connectivity index (χ0) is 15.5. The molecule has 3 rings (SSSR count). The monoisotopic (exact) mass is 303 g/mol. The highest BCUT2D eigenvalue weighted by atomic mass is 16.5. The van der Waals surface area contributed by atoms with E-state index in [1.165, 1.54) is 5.56 Å². The average Bonchev–Trinajstić information content (AvgIpc) is 3.19. The van der Waals surface area contributed by atoms with Gasteiger partial charge in [0.2, 0.25) is 0 Å². The van der Waals surface area contributed by atoms with Crippen molar-refractivity contribution in [3.63, 3.8) is 0 Å². The Morgan fingerprint density at radius 3 is 3.00 bits per heavy atom. The van der Waals surface area contributed by atoms with Crippen LogP contribution in [0.4, 0.5) is 0 Å². The predicted molar refractivity (Wildman–Crippen MR) is 84.2 cm³/mol. The first-order chi connectivity index (χ1) is 10.7. The molecule has 0 aliphatic carbocycles. The van der Waals surface area contributed by atoms with Gasteiger partial charge in [-0.05, 0) is 12.3 Å². The third-order valence-electron chi connectivity index (χ3n) is 4.16. The molecule has 6 nitrogen and oxygen atoms in total. The number of nitrogens with one attached hydrogen (secondary N) is 1. The summed E-state index contributed by atoms with van der Waals surface area (Å²) in [5.74, 6) is 1.63. The number of aromatic nitrogens is 4. The summed E-state index contributed by atoms with van der Waals surface area (Å²) < 4.78 is 7.59. The quantitative estimate of drug-likeness (QED) is 0.889. The van der Waals surface area contributed by atoms with Gasteiger partial charge >= 0.3 is 0 Å². The molecule has 1 fully saturated rings. The van der Waals surface area contributed by atoms with Crippen LogP contribution < -0.4 is 0 Å². The molecule has 22 heavy (non-hydrogen) atoms. The molecule has 120 valence electrons. The third-order valence-corrected chi connectivity index (χ3v) is 4.16. The zero-order valence-corrected chi connectivity index (χ0v) is 13.6. The number of imidazole rings is 1. The van der Waals surface area contributed by atoms with Gasteiger partial charge in [-0.3, -0.25) is 9.58 Å². The molecule has 0 radical (unpaired) electrons. The Balaban J connectivity index is 1.70. The normalized spacial score (nSPS) is 22.7. The highest BCUT2D eigenvalue weighted by Gasteiger charge is 2.34. The van der Waals surface area contributed by atoms with Crippen molar-refractivity contribution in [3.8, 4) is 0 Å². The Hall–Kier alpha value is -1.66. The van der Waals surface area contributed by atoms with E-state index in [0.717, 1.165) is 31.9 Å². The number of likely N-dealkylation sites (tertiary alicyclic amines) is 1. The molecule has 2 aromatic rings. The summed E-state index contributed by atoms with van der Waals surface area (Å²) in [6.45, 7) is 7.18. The molecule has 6 heteroatoms. The van der Waals surface area contributed by atoms with E-state index in [1.807, 2.05) is 23.3 Å². The fraction of sp³-hybridized carbons (Fsp3) is 0.625. The maximum absolute atomic E-state index is 5.56. The SMILES string of the molecule is CO[C@@H]1CC(c2ncc[nH]2)N(Cc2cnn(CC(C)C)c2)C1. The third kappa shape index (κ3) is 3.39. The summed E-state index contributed by atoms with van der Waals surface area (Å²) in [5.41, 5.74) is 1.24. The maximum Gasteiger partial charge on any atom is 0.123 e. The van der Waals surface area contributed by atoms with Crippen molar-refractivity contribution in [3.05, 3.63) is 36.2 Å². The van der Waals surface area contributed by atoms with Crippen molar-refractivity contribution in [2.75, 3.05) is 13.7 Å². The van der Waals surface area contributed by atoms with Crippen molar-refractivity contribution in [2.24, 2.45) is 5.92 Å². The van der Waals surface area contributed by atoms with Gasteiger partial charge in [-0.1, -0.05) is 13.8 Å². The van der Waals surface area contributed by atoms with E-state index in [-0.39, 0.29) is 12.1 Å². The van der Waals surface area contributed by atoms with Crippen LogP contribution in [0.5, 0.6) is 0 Å². The number of nitrogens with zero attached hydrogens (tertiary/aromatic N) is 4. The summed E-state index contributed by atoms with van der Waals surface area (Å²) in [4.78, 5) is 10.1. The van der Waals surface area contributed by atoms with Gasteiger partial charge in [0.25, 0.3) is 0 Å². The van der Waals surface area contributed by atoms with Gasteiger partial charge in [0, 0.05) is 50.9 Å². The van der Waals surface area contributed by atoms with Gasteiger partial charge in [0.05, 0.1) is 18.3 Å². The molecule has 1 N–H and O–H groups in total. The largest absolute Gasteiger partial charge is 0.380 e. The number of rotatable bonds is 6. The minimum absolute atomic E-state index is 0.265. The Bertz CT molecular complexity index is 577. The molecule has 2 aromatic heterocycles. The average molecular weight is 303 g/mol. The zero-order valence-electron chi connectivity index (χ0n) is 13.6. The summed E-state index contributed by atoms with van der Waals surface area (Å²) >= 11 is 0. The van der Waals surface area contributed by atoms with Crippen LogP contribution in [0.3, 0.4) is 0 Å². The van der Waals surface area contributed by atoms with Gasteiger partial charge < -0.3 is 9.72 Å². The second-order valence-corrected chi connectivity index (χ2v) is 6.48. The van der Waals surface area contributed by atoms with E-state index in [2.05, 4.69) is 40.0 Å². The Kier molecular flexibility index (Phi) is 4.59. The summed E-state index contributed by atoms with van der Waals surface area (Å²) in [5, 5.41) is 4.46. The number of hydrogen-bond donors (Lipinski definition) is 1. The highest BCUT2D eigenvalue weighted by molar-refractivity contribution is 5.08. The fourth-order valence-corrected chi connectivity index (χ4v) is 3.15. The molecule has 0 aromatic carbocycles.